The zero-order chi connectivity index (χ0) is 19.9. The number of aryl methyl sites for hydroxylation is 1. The van der Waals surface area contributed by atoms with Crippen molar-refractivity contribution in [3.63, 3.8) is 0 Å². The first-order valence-corrected chi connectivity index (χ1v) is 8.18. The Morgan fingerprint density at radius 1 is 1.19 bits per heavy atom. The number of halogens is 3. The molecule has 0 aliphatic carbocycles. The van der Waals surface area contributed by atoms with Gasteiger partial charge in [0.05, 0.1) is 11.3 Å². The fraction of sp³-hybridized carbons (Fsp3) is 0.200. The van der Waals surface area contributed by atoms with E-state index in [9.17, 15) is 18.0 Å². The van der Waals surface area contributed by atoms with Crippen LogP contribution in [-0.2, 0) is 17.4 Å². The van der Waals surface area contributed by atoms with E-state index in [2.05, 4.69) is 10.6 Å². The first-order valence-electron chi connectivity index (χ1n) is 8.18. The highest BCUT2D eigenvalue weighted by Crippen LogP contribution is 2.34. The Labute approximate surface area is 155 Å². The SMILES string of the molecule is Cc1cccc(CCN/C=C(/C#N)C(=O)Nc2ccccc2C(F)(F)F)c1. The van der Waals surface area contributed by atoms with Crippen molar-refractivity contribution >= 4 is 11.6 Å². The summed E-state index contributed by atoms with van der Waals surface area (Å²) in [5.74, 6) is -0.905. The summed E-state index contributed by atoms with van der Waals surface area (Å²) in [6.45, 7) is 2.45. The number of hydrogen-bond donors (Lipinski definition) is 2. The molecule has 0 bridgehead atoms. The fourth-order valence-electron chi connectivity index (χ4n) is 2.44. The zero-order valence-corrected chi connectivity index (χ0v) is 14.6. The number of nitrogens with one attached hydrogen (secondary N) is 2. The second-order valence-electron chi connectivity index (χ2n) is 5.86. The summed E-state index contributed by atoms with van der Waals surface area (Å²) >= 11 is 0. The summed E-state index contributed by atoms with van der Waals surface area (Å²) in [7, 11) is 0. The number of para-hydroxylation sites is 1. The van der Waals surface area contributed by atoms with Crippen molar-refractivity contribution in [2.24, 2.45) is 0 Å². The molecule has 1 amide bonds. The Morgan fingerprint density at radius 3 is 2.59 bits per heavy atom. The van der Waals surface area contributed by atoms with Gasteiger partial charge in [0.2, 0.25) is 0 Å². The molecule has 140 valence electrons. The van der Waals surface area contributed by atoms with Gasteiger partial charge in [0, 0.05) is 12.7 Å². The van der Waals surface area contributed by atoms with Gasteiger partial charge in [-0.05, 0) is 31.0 Å². The second kappa shape index (κ2) is 8.90. The molecule has 27 heavy (non-hydrogen) atoms. The number of nitrogens with zero attached hydrogens (tertiary/aromatic N) is 1. The van der Waals surface area contributed by atoms with Gasteiger partial charge in [0.25, 0.3) is 5.91 Å². The number of anilines is 1. The number of amides is 1. The predicted octanol–water partition coefficient (Wildman–Crippen LogP) is 4.19. The van der Waals surface area contributed by atoms with Gasteiger partial charge >= 0.3 is 6.18 Å². The molecule has 0 saturated heterocycles. The van der Waals surface area contributed by atoms with Crippen LogP contribution in [0.1, 0.15) is 16.7 Å². The van der Waals surface area contributed by atoms with Crippen LogP contribution in [0.4, 0.5) is 18.9 Å². The molecule has 7 heteroatoms. The molecule has 0 radical (unpaired) electrons. The third-order valence-corrected chi connectivity index (χ3v) is 3.73. The monoisotopic (exact) mass is 373 g/mol. The maximum absolute atomic E-state index is 13.0. The molecular formula is C20H18F3N3O. The predicted molar refractivity (Wildman–Crippen MR) is 96.7 cm³/mol. The average molecular weight is 373 g/mol. The van der Waals surface area contributed by atoms with Crippen LogP contribution >= 0.6 is 0 Å². The Balaban J connectivity index is 2.00. The van der Waals surface area contributed by atoms with Crippen molar-refractivity contribution in [3.05, 3.63) is 77.0 Å². The number of hydrogen-bond acceptors (Lipinski definition) is 3. The van der Waals surface area contributed by atoms with E-state index in [1.165, 1.54) is 18.3 Å². The number of carbonyl (C=O) groups is 1. The zero-order valence-electron chi connectivity index (χ0n) is 14.6. The van der Waals surface area contributed by atoms with Crippen LogP contribution in [0.3, 0.4) is 0 Å². The molecule has 0 aromatic heterocycles. The smallest absolute Gasteiger partial charge is 0.389 e. The Morgan fingerprint density at radius 2 is 1.93 bits per heavy atom. The van der Waals surface area contributed by atoms with E-state index in [0.29, 0.717) is 13.0 Å². The minimum atomic E-state index is -4.60. The molecule has 0 saturated carbocycles. The van der Waals surface area contributed by atoms with Crippen LogP contribution in [0.5, 0.6) is 0 Å². The summed E-state index contributed by atoms with van der Waals surface area (Å²) in [5.41, 5.74) is 0.552. The van der Waals surface area contributed by atoms with E-state index in [4.69, 9.17) is 5.26 Å². The summed E-state index contributed by atoms with van der Waals surface area (Å²) in [6, 6.07) is 14.2. The molecule has 4 nitrogen and oxygen atoms in total. The van der Waals surface area contributed by atoms with Crippen molar-refractivity contribution in [2.45, 2.75) is 19.5 Å². The third kappa shape index (κ3) is 5.89. The summed E-state index contributed by atoms with van der Waals surface area (Å²) in [6.07, 6.45) is -2.72. The normalized spacial score (nSPS) is 11.6. The lowest BCUT2D eigenvalue weighted by atomic mass is 10.1. The van der Waals surface area contributed by atoms with Crippen LogP contribution in [0.25, 0.3) is 0 Å². The van der Waals surface area contributed by atoms with Gasteiger partial charge in [-0.25, -0.2) is 0 Å². The molecule has 0 spiro atoms. The van der Waals surface area contributed by atoms with Crippen molar-refractivity contribution in [1.29, 1.82) is 5.26 Å². The van der Waals surface area contributed by atoms with Crippen molar-refractivity contribution in [2.75, 3.05) is 11.9 Å². The minimum absolute atomic E-state index is 0.309. The number of nitriles is 1. The molecule has 2 aromatic rings. The first-order chi connectivity index (χ1) is 12.8. The molecule has 0 atom stereocenters. The van der Waals surface area contributed by atoms with E-state index < -0.39 is 23.3 Å². The third-order valence-electron chi connectivity index (χ3n) is 3.73. The van der Waals surface area contributed by atoms with Gasteiger partial charge in [-0.2, -0.15) is 18.4 Å². The second-order valence-corrected chi connectivity index (χ2v) is 5.86. The van der Waals surface area contributed by atoms with E-state index in [1.807, 2.05) is 31.2 Å². The maximum Gasteiger partial charge on any atom is 0.418 e. The van der Waals surface area contributed by atoms with Crippen LogP contribution in [-0.4, -0.2) is 12.5 Å². The summed E-state index contributed by atoms with van der Waals surface area (Å²) in [4.78, 5) is 12.1. The van der Waals surface area contributed by atoms with E-state index >= 15 is 0 Å². The van der Waals surface area contributed by atoms with E-state index in [1.54, 1.807) is 6.07 Å². The number of alkyl halides is 3. The molecule has 0 aliphatic rings. The van der Waals surface area contributed by atoms with Gasteiger partial charge in [0.1, 0.15) is 11.6 Å². The lowest BCUT2D eigenvalue weighted by Crippen LogP contribution is -2.20. The summed E-state index contributed by atoms with van der Waals surface area (Å²) in [5, 5.41) is 14.1. The molecule has 2 aromatic carbocycles. The number of rotatable bonds is 6. The van der Waals surface area contributed by atoms with Gasteiger partial charge in [0.15, 0.2) is 0 Å². The van der Waals surface area contributed by atoms with Crippen molar-refractivity contribution in [1.82, 2.24) is 5.32 Å². The van der Waals surface area contributed by atoms with Gasteiger partial charge < -0.3 is 10.6 Å². The molecule has 2 N–H and O–H groups in total. The van der Waals surface area contributed by atoms with Crippen LogP contribution in [0.2, 0.25) is 0 Å². The molecule has 0 aliphatic heterocycles. The highest BCUT2D eigenvalue weighted by atomic mass is 19.4. The van der Waals surface area contributed by atoms with E-state index in [0.717, 1.165) is 23.3 Å². The molecule has 0 fully saturated rings. The molecule has 2 rings (SSSR count). The quantitative estimate of drug-likeness (QED) is 0.453. The average Bonchev–Trinajstić information content (AvgIpc) is 2.61. The minimum Gasteiger partial charge on any atom is -0.389 e. The molecular weight excluding hydrogens is 355 g/mol. The van der Waals surface area contributed by atoms with Crippen LogP contribution in [0, 0.1) is 18.3 Å². The van der Waals surface area contributed by atoms with Gasteiger partial charge in [-0.15, -0.1) is 0 Å². The summed E-state index contributed by atoms with van der Waals surface area (Å²) < 4.78 is 38.9. The van der Waals surface area contributed by atoms with Crippen LogP contribution in [0.15, 0.2) is 60.3 Å². The van der Waals surface area contributed by atoms with Gasteiger partial charge in [-0.1, -0.05) is 42.0 Å². The van der Waals surface area contributed by atoms with Gasteiger partial charge in [-0.3, -0.25) is 4.79 Å². The topological polar surface area (TPSA) is 64.9 Å². The maximum atomic E-state index is 13.0. The highest BCUT2D eigenvalue weighted by molar-refractivity contribution is 6.06. The molecule has 0 unspecified atom stereocenters. The highest BCUT2D eigenvalue weighted by Gasteiger charge is 2.33. The lowest BCUT2D eigenvalue weighted by Gasteiger charge is -2.13. The van der Waals surface area contributed by atoms with E-state index in [-0.39, 0.29) is 5.57 Å². The standard InChI is InChI=1S/C20H18F3N3O/c1-14-5-4-6-15(11-14)9-10-25-13-16(12-24)19(27)26-18-8-3-2-7-17(18)20(21,22)23/h2-8,11,13,25H,9-10H2,1H3,(H,26,27)/b16-13-. The Hall–Kier alpha value is -3.27. The van der Waals surface area contributed by atoms with Crippen molar-refractivity contribution in [3.8, 4) is 6.07 Å². The molecule has 0 heterocycles. The Bertz CT molecular complexity index is 883. The largest absolute Gasteiger partial charge is 0.418 e. The van der Waals surface area contributed by atoms with Crippen molar-refractivity contribution < 1.29 is 18.0 Å². The first kappa shape index (κ1) is 20.0. The lowest BCUT2D eigenvalue weighted by molar-refractivity contribution is -0.137. The number of benzene rings is 2. The Kier molecular flexibility index (Phi) is 6.61. The number of carbonyl (C=O) groups excluding carboxylic acids is 1. The fourth-order valence-corrected chi connectivity index (χ4v) is 2.44. The van der Waals surface area contributed by atoms with Crippen LogP contribution < -0.4 is 10.6 Å².